The summed E-state index contributed by atoms with van der Waals surface area (Å²) in [6.45, 7) is 8.31. The second-order valence-electron chi connectivity index (χ2n) is 8.24. The molecule has 0 unspecified atom stereocenters. The Kier molecular flexibility index (Phi) is 6.41. The largest absolute Gasteiger partial charge is 0.296 e. The number of hydrogen-bond acceptors (Lipinski definition) is 6. The van der Waals surface area contributed by atoms with Gasteiger partial charge in [0.1, 0.15) is 12.7 Å². The Morgan fingerprint density at radius 1 is 0.935 bits per heavy atom. The summed E-state index contributed by atoms with van der Waals surface area (Å²) in [5.41, 5.74) is 5.63. The van der Waals surface area contributed by atoms with Crippen molar-refractivity contribution in [2.75, 3.05) is 13.1 Å². The molecule has 2 heterocycles. The number of nitrogens with zero attached hydrogens (tertiary/aromatic N) is 5. The van der Waals surface area contributed by atoms with Gasteiger partial charge in [-0.15, -0.1) is 10.2 Å². The number of aromatic nitrogens is 3. The molecule has 2 N–H and O–H groups in total. The Hall–Kier alpha value is -3.07. The van der Waals surface area contributed by atoms with Gasteiger partial charge >= 0.3 is 0 Å². The summed E-state index contributed by atoms with van der Waals surface area (Å²) < 4.78 is 1.90. The number of benzene rings is 2. The predicted octanol–water partition coefficient (Wildman–Crippen LogP) is 2.48. The summed E-state index contributed by atoms with van der Waals surface area (Å²) in [5, 5.41) is 16.5. The summed E-state index contributed by atoms with van der Waals surface area (Å²) in [4.78, 5) is 16.5. The Morgan fingerprint density at radius 2 is 1.48 bits per heavy atom. The standard InChI is InChI=1S/C23H28N6O2/c1-17-11-27(13-19-5-9-22(10-6-19)28-15-24-25-16-28)12-18(2)29(17)14-20-3-7-21(8-4-20)23(30)26-31/h3-10,15-18,31H,11-14H2,1-2H3,(H,26,30)/t17-,18+. The molecule has 3 aromatic rings. The third-order valence-corrected chi connectivity index (χ3v) is 5.92. The molecule has 1 aliphatic rings. The Morgan fingerprint density at radius 3 is 2.06 bits per heavy atom. The fourth-order valence-electron chi connectivity index (χ4n) is 4.31. The molecule has 2 aromatic carbocycles. The number of carbonyl (C=O) groups excluding carboxylic acids is 1. The predicted molar refractivity (Wildman–Crippen MR) is 117 cm³/mol. The first kappa shape index (κ1) is 21.2. The van der Waals surface area contributed by atoms with Gasteiger partial charge in [-0.2, -0.15) is 0 Å². The average molecular weight is 421 g/mol. The van der Waals surface area contributed by atoms with Gasteiger partial charge in [0, 0.05) is 49.5 Å². The van der Waals surface area contributed by atoms with Gasteiger partial charge in [-0.3, -0.25) is 24.4 Å². The summed E-state index contributed by atoms with van der Waals surface area (Å²) in [5.74, 6) is -0.489. The summed E-state index contributed by atoms with van der Waals surface area (Å²) >= 11 is 0. The van der Waals surface area contributed by atoms with Crippen LogP contribution in [0.15, 0.2) is 61.2 Å². The number of nitrogens with one attached hydrogen (secondary N) is 1. The van der Waals surface area contributed by atoms with E-state index < -0.39 is 5.91 Å². The average Bonchev–Trinajstić information content (AvgIpc) is 3.32. The monoisotopic (exact) mass is 420 g/mol. The van der Waals surface area contributed by atoms with Crippen molar-refractivity contribution in [3.05, 3.63) is 77.9 Å². The third-order valence-electron chi connectivity index (χ3n) is 5.92. The van der Waals surface area contributed by atoms with Gasteiger partial charge in [0.25, 0.3) is 5.91 Å². The number of hydrogen-bond donors (Lipinski definition) is 2. The van der Waals surface area contributed by atoms with E-state index in [1.165, 1.54) is 5.56 Å². The lowest BCUT2D eigenvalue weighted by atomic mass is 10.0. The molecular formula is C23H28N6O2. The van der Waals surface area contributed by atoms with Crippen molar-refractivity contribution in [3.8, 4) is 5.69 Å². The Balaban J connectivity index is 1.35. The van der Waals surface area contributed by atoms with E-state index in [9.17, 15) is 4.79 Å². The smallest absolute Gasteiger partial charge is 0.274 e. The molecule has 2 atom stereocenters. The van der Waals surface area contributed by atoms with Crippen LogP contribution in [0, 0.1) is 0 Å². The number of hydroxylamine groups is 1. The highest BCUT2D eigenvalue weighted by Crippen LogP contribution is 2.21. The van der Waals surface area contributed by atoms with Crippen molar-refractivity contribution in [2.24, 2.45) is 0 Å². The van der Waals surface area contributed by atoms with Gasteiger partial charge in [-0.25, -0.2) is 5.48 Å². The normalized spacial score (nSPS) is 20.0. The van der Waals surface area contributed by atoms with E-state index in [1.807, 2.05) is 16.7 Å². The zero-order valence-electron chi connectivity index (χ0n) is 17.8. The van der Waals surface area contributed by atoms with Crippen LogP contribution in [0.3, 0.4) is 0 Å². The van der Waals surface area contributed by atoms with Gasteiger partial charge in [-0.1, -0.05) is 24.3 Å². The lowest BCUT2D eigenvalue weighted by Gasteiger charge is -2.44. The fraction of sp³-hybridized carbons (Fsp3) is 0.348. The van der Waals surface area contributed by atoms with Crippen LogP contribution in [0.25, 0.3) is 5.69 Å². The zero-order valence-corrected chi connectivity index (χ0v) is 17.8. The lowest BCUT2D eigenvalue weighted by Crippen LogP contribution is -2.55. The van der Waals surface area contributed by atoms with E-state index in [0.29, 0.717) is 17.6 Å². The molecule has 0 saturated carbocycles. The van der Waals surface area contributed by atoms with E-state index in [2.05, 4.69) is 58.1 Å². The van der Waals surface area contributed by atoms with Crippen LogP contribution in [0.1, 0.15) is 35.3 Å². The first-order valence-electron chi connectivity index (χ1n) is 10.5. The van der Waals surface area contributed by atoms with Gasteiger partial charge in [0.2, 0.25) is 0 Å². The number of rotatable bonds is 6. The van der Waals surface area contributed by atoms with E-state index in [0.717, 1.165) is 37.4 Å². The van der Waals surface area contributed by atoms with Crippen molar-refractivity contribution in [1.82, 2.24) is 30.0 Å². The topological polar surface area (TPSA) is 86.5 Å². The van der Waals surface area contributed by atoms with Gasteiger partial charge in [0.05, 0.1) is 0 Å². The Bertz CT molecular complexity index is 976. The minimum atomic E-state index is -0.489. The molecule has 1 amide bonds. The first-order valence-corrected chi connectivity index (χ1v) is 10.5. The quantitative estimate of drug-likeness (QED) is 0.471. The van der Waals surface area contributed by atoms with Gasteiger partial charge in [0.15, 0.2) is 0 Å². The van der Waals surface area contributed by atoms with Crippen molar-refractivity contribution in [2.45, 2.75) is 39.0 Å². The van der Waals surface area contributed by atoms with Crippen LogP contribution in [0.5, 0.6) is 0 Å². The number of piperazine rings is 1. The van der Waals surface area contributed by atoms with Crippen molar-refractivity contribution >= 4 is 5.91 Å². The molecule has 1 saturated heterocycles. The molecule has 0 bridgehead atoms. The zero-order chi connectivity index (χ0) is 21.8. The SMILES string of the molecule is C[C@@H]1CN(Cc2ccc(-n3cnnc3)cc2)C[C@H](C)N1Cc1ccc(C(=O)NO)cc1. The highest BCUT2D eigenvalue weighted by Gasteiger charge is 2.29. The second-order valence-corrected chi connectivity index (χ2v) is 8.24. The molecule has 1 aliphatic heterocycles. The van der Waals surface area contributed by atoms with E-state index in [1.54, 1.807) is 30.3 Å². The van der Waals surface area contributed by atoms with E-state index in [-0.39, 0.29) is 0 Å². The highest BCUT2D eigenvalue weighted by molar-refractivity contribution is 5.93. The molecule has 8 heteroatoms. The number of carbonyl (C=O) groups is 1. The highest BCUT2D eigenvalue weighted by atomic mass is 16.5. The minimum Gasteiger partial charge on any atom is -0.296 e. The minimum absolute atomic E-state index is 0.417. The van der Waals surface area contributed by atoms with Crippen LogP contribution in [-0.4, -0.2) is 60.9 Å². The van der Waals surface area contributed by atoms with Crippen LogP contribution in [0.4, 0.5) is 0 Å². The maximum atomic E-state index is 11.5. The summed E-state index contributed by atoms with van der Waals surface area (Å²) in [7, 11) is 0. The molecule has 8 nitrogen and oxygen atoms in total. The second kappa shape index (κ2) is 9.38. The van der Waals surface area contributed by atoms with E-state index >= 15 is 0 Å². The molecule has 4 rings (SSSR count). The molecule has 0 radical (unpaired) electrons. The molecule has 31 heavy (non-hydrogen) atoms. The van der Waals surface area contributed by atoms with E-state index in [4.69, 9.17) is 5.21 Å². The lowest BCUT2D eigenvalue weighted by molar-refractivity contribution is 0.0290. The molecular weight excluding hydrogens is 392 g/mol. The fourth-order valence-corrected chi connectivity index (χ4v) is 4.31. The van der Waals surface area contributed by atoms with Gasteiger partial charge < -0.3 is 0 Å². The molecule has 1 fully saturated rings. The molecule has 1 aromatic heterocycles. The first-order chi connectivity index (χ1) is 15.0. The van der Waals surface area contributed by atoms with Crippen molar-refractivity contribution in [3.63, 3.8) is 0 Å². The van der Waals surface area contributed by atoms with Crippen LogP contribution in [0.2, 0.25) is 0 Å². The third kappa shape index (κ3) is 4.99. The number of amides is 1. The summed E-state index contributed by atoms with van der Waals surface area (Å²) in [6.07, 6.45) is 3.40. The molecule has 0 spiro atoms. The molecule has 162 valence electrons. The van der Waals surface area contributed by atoms with Crippen LogP contribution >= 0.6 is 0 Å². The maximum absolute atomic E-state index is 11.5. The maximum Gasteiger partial charge on any atom is 0.274 e. The van der Waals surface area contributed by atoms with Gasteiger partial charge in [-0.05, 0) is 49.2 Å². The molecule has 0 aliphatic carbocycles. The van der Waals surface area contributed by atoms with Crippen molar-refractivity contribution in [1.29, 1.82) is 0 Å². The Labute approximate surface area is 182 Å². The van der Waals surface area contributed by atoms with Crippen LogP contribution in [-0.2, 0) is 13.1 Å². The van der Waals surface area contributed by atoms with Crippen molar-refractivity contribution < 1.29 is 10.0 Å². The van der Waals surface area contributed by atoms with Crippen LogP contribution < -0.4 is 5.48 Å². The summed E-state index contributed by atoms with van der Waals surface area (Å²) in [6, 6.07) is 16.8.